The largest absolute Gasteiger partial charge is 0.289 e. The Kier molecular flexibility index (Phi) is 4.54. The van der Waals surface area contributed by atoms with Crippen LogP contribution in [0.4, 0.5) is 4.39 Å². The summed E-state index contributed by atoms with van der Waals surface area (Å²) in [6.45, 7) is 0. The van der Waals surface area contributed by atoms with Crippen molar-refractivity contribution in [3.63, 3.8) is 0 Å². The standard InChI is InChI=1S/C15H16ClFO/c16-13-10-6-9-12(14(13)17)15(18)11-7-4-2-1-3-5-8-11/h6-7,9-10H,1-5,8H2/b11-7+. The van der Waals surface area contributed by atoms with Crippen molar-refractivity contribution in [3.05, 3.63) is 46.3 Å². The highest BCUT2D eigenvalue weighted by atomic mass is 35.5. The third-order valence-corrected chi connectivity index (χ3v) is 3.57. The number of carbonyl (C=O) groups excluding carboxylic acids is 1. The Morgan fingerprint density at radius 2 is 1.94 bits per heavy atom. The fourth-order valence-corrected chi connectivity index (χ4v) is 2.42. The highest BCUT2D eigenvalue weighted by molar-refractivity contribution is 6.31. The lowest BCUT2D eigenvalue weighted by atomic mass is 9.94. The van der Waals surface area contributed by atoms with E-state index in [1.54, 1.807) is 6.07 Å². The zero-order valence-electron chi connectivity index (χ0n) is 10.2. The third-order valence-electron chi connectivity index (χ3n) is 3.28. The molecule has 1 aromatic carbocycles. The second kappa shape index (κ2) is 6.14. The number of benzene rings is 1. The average molecular weight is 267 g/mol. The fourth-order valence-electron chi connectivity index (χ4n) is 2.25. The van der Waals surface area contributed by atoms with E-state index in [2.05, 4.69) is 0 Å². The zero-order valence-corrected chi connectivity index (χ0v) is 11.0. The summed E-state index contributed by atoms with van der Waals surface area (Å²) in [5.41, 5.74) is 0.824. The predicted octanol–water partition coefficient (Wildman–Crippen LogP) is 4.94. The minimum Gasteiger partial charge on any atom is -0.289 e. The Balaban J connectivity index is 2.26. The van der Waals surface area contributed by atoms with Gasteiger partial charge in [-0.25, -0.2) is 4.39 Å². The minimum atomic E-state index is -0.605. The van der Waals surface area contributed by atoms with E-state index in [0.717, 1.165) is 37.7 Å². The van der Waals surface area contributed by atoms with E-state index in [1.165, 1.54) is 18.6 Å². The number of carbonyl (C=O) groups is 1. The van der Waals surface area contributed by atoms with Gasteiger partial charge in [-0.15, -0.1) is 0 Å². The molecule has 0 unspecified atom stereocenters. The SMILES string of the molecule is O=C(/C1=C/CCCCCC1)c1cccc(Cl)c1F. The molecule has 0 atom stereocenters. The molecule has 1 aliphatic carbocycles. The van der Waals surface area contributed by atoms with Crippen molar-refractivity contribution in [2.45, 2.75) is 38.5 Å². The van der Waals surface area contributed by atoms with Crippen LogP contribution in [0.5, 0.6) is 0 Å². The van der Waals surface area contributed by atoms with E-state index < -0.39 is 5.82 Å². The van der Waals surface area contributed by atoms with Gasteiger partial charge in [-0.2, -0.15) is 0 Å². The summed E-state index contributed by atoms with van der Waals surface area (Å²) in [6.07, 6.45) is 8.07. The first kappa shape index (κ1) is 13.3. The first-order valence-corrected chi connectivity index (χ1v) is 6.75. The van der Waals surface area contributed by atoms with E-state index in [9.17, 15) is 9.18 Å². The molecule has 0 amide bonds. The van der Waals surface area contributed by atoms with E-state index in [0.29, 0.717) is 0 Å². The van der Waals surface area contributed by atoms with Gasteiger partial charge in [0.05, 0.1) is 10.6 Å². The van der Waals surface area contributed by atoms with Crippen LogP contribution in [-0.2, 0) is 0 Å². The summed E-state index contributed by atoms with van der Waals surface area (Å²) in [6, 6.07) is 4.57. The first-order chi connectivity index (χ1) is 8.70. The van der Waals surface area contributed by atoms with Gasteiger partial charge in [0.25, 0.3) is 0 Å². The van der Waals surface area contributed by atoms with Gasteiger partial charge in [-0.3, -0.25) is 4.79 Å². The molecule has 1 aromatic rings. The van der Waals surface area contributed by atoms with Crippen LogP contribution >= 0.6 is 11.6 Å². The molecule has 0 N–H and O–H groups in total. The minimum absolute atomic E-state index is 0.00675. The summed E-state index contributed by atoms with van der Waals surface area (Å²) in [7, 11) is 0. The summed E-state index contributed by atoms with van der Waals surface area (Å²) >= 11 is 5.71. The van der Waals surface area contributed by atoms with Crippen molar-refractivity contribution in [2.75, 3.05) is 0 Å². The van der Waals surface area contributed by atoms with E-state index in [1.807, 2.05) is 6.08 Å². The van der Waals surface area contributed by atoms with Crippen LogP contribution in [0.2, 0.25) is 5.02 Å². The molecule has 0 radical (unpaired) electrons. The number of allylic oxidation sites excluding steroid dienone is 2. The molecular formula is C15H16ClFO. The van der Waals surface area contributed by atoms with E-state index in [4.69, 9.17) is 11.6 Å². The van der Waals surface area contributed by atoms with Crippen LogP contribution in [0.15, 0.2) is 29.8 Å². The van der Waals surface area contributed by atoms with Crippen molar-refractivity contribution in [2.24, 2.45) is 0 Å². The summed E-state index contributed by atoms with van der Waals surface area (Å²) < 4.78 is 13.8. The molecule has 1 nitrogen and oxygen atoms in total. The normalized spacial score (nSPS) is 19.6. The second-order valence-corrected chi connectivity index (χ2v) is 5.02. The summed E-state index contributed by atoms with van der Waals surface area (Å²) in [5, 5.41) is 0.00675. The molecule has 3 heteroatoms. The van der Waals surface area contributed by atoms with Crippen LogP contribution in [0.25, 0.3) is 0 Å². The van der Waals surface area contributed by atoms with Crippen LogP contribution in [-0.4, -0.2) is 5.78 Å². The molecule has 0 heterocycles. The van der Waals surface area contributed by atoms with Gasteiger partial charge in [0.2, 0.25) is 0 Å². The second-order valence-electron chi connectivity index (χ2n) is 4.61. The smallest absolute Gasteiger partial charge is 0.191 e. The van der Waals surface area contributed by atoms with Crippen LogP contribution in [0.1, 0.15) is 48.9 Å². The Morgan fingerprint density at radius 1 is 1.17 bits per heavy atom. The first-order valence-electron chi connectivity index (χ1n) is 6.38. The topological polar surface area (TPSA) is 17.1 Å². The number of rotatable bonds is 2. The summed E-state index contributed by atoms with van der Waals surface area (Å²) in [4.78, 5) is 12.3. The Labute approximate surface area is 112 Å². The van der Waals surface area contributed by atoms with E-state index >= 15 is 0 Å². The van der Waals surface area contributed by atoms with Gasteiger partial charge in [0, 0.05) is 0 Å². The Bertz CT molecular complexity index is 479. The maximum atomic E-state index is 13.8. The lowest BCUT2D eigenvalue weighted by Gasteiger charge is -2.11. The van der Waals surface area contributed by atoms with Crippen LogP contribution < -0.4 is 0 Å². The van der Waals surface area contributed by atoms with Crippen molar-refractivity contribution < 1.29 is 9.18 Å². The predicted molar refractivity (Wildman–Crippen MR) is 71.5 cm³/mol. The van der Waals surface area contributed by atoms with Gasteiger partial charge in [-0.1, -0.05) is 36.6 Å². The van der Waals surface area contributed by atoms with Crippen LogP contribution in [0, 0.1) is 5.82 Å². The average Bonchev–Trinajstić information content (AvgIpc) is 2.31. The number of Topliss-reactive ketones (excluding diaryl/α,β-unsaturated/α-hetero) is 1. The third kappa shape index (κ3) is 2.99. The molecular weight excluding hydrogens is 251 g/mol. The number of halogens is 2. The van der Waals surface area contributed by atoms with Crippen molar-refractivity contribution in [3.8, 4) is 0 Å². The summed E-state index contributed by atoms with van der Waals surface area (Å²) in [5.74, 6) is -0.816. The van der Waals surface area contributed by atoms with Gasteiger partial charge < -0.3 is 0 Å². The Hall–Kier alpha value is -1.15. The number of hydrogen-bond donors (Lipinski definition) is 0. The Morgan fingerprint density at radius 3 is 2.78 bits per heavy atom. The molecule has 0 saturated heterocycles. The maximum absolute atomic E-state index is 13.8. The molecule has 0 spiro atoms. The molecule has 0 fully saturated rings. The lowest BCUT2D eigenvalue weighted by molar-refractivity contribution is 0.102. The van der Waals surface area contributed by atoms with Crippen molar-refractivity contribution >= 4 is 17.4 Å². The molecule has 1 aliphatic rings. The molecule has 96 valence electrons. The quantitative estimate of drug-likeness (QED) is 0.693. The monoisotopic (exact) mass is 266 g/mol. The van der Waals surface area contributed by atoms with Crippen LogP contribution in [0.3, 0.4) is 0 Å². The van der Waals surface area contributed by atoms with Gasteiger partial charge in [0.1, 0.15) is 0 Å². The van der Waals surface area contributed by atoms with E-state index in [-0.39, 0.29) is 16.4 Å². The number of ketones is 1. The molecule has 18 heavy (non-hydrogen) atoms. The lowest BCUT2D eigenvalue weighted by Crippen LogP contribution is -2.07. The number of hydrogen-bond acceptors (Lipinski definition) is 1. The molecule has 2 rings (SSSR count). The highest BCUT2D eigenvalue weighted by Crippen LogP contribution is 2.24. The molecule has 0 bridgehead atoms. The fraction of sp³-hybridized carbons (Fsp3) is 0.400. The molecule has 0 aromatic heterocycles. The van der Waals surface area contributed by atoms with Gasteiger partial charge in [0.15, 0.2) is 11.6 Å². The zero-order chi connectivity index (χ0) is 13.0. The highest BCUT2D eigenvalue weighted by Gasteiger charge is 2.18. The molecule has 0 aliphatic heterocycles. The van der Waals surface area contributed by atoms with Gasteiger partial charge in [-0.05, 0) is 43.4 Å². The van der Waals surface area contributed by atoms with Crippen molar-refractivity contribution in [1.29, 1.82) is 0 Å². The maximum Gasteiger partial charge on any atom is 0.191 e. The van der Waals surface area contributed by atoms with Gasteiger partial charge >= 0.3 is 0 Å². The van der Waals surface area contributed by atoms with Crippen molar-refractivity contribution in [1.82, 2.24) is 0 Å². The molecule has 0 saturated carbocycles.